The third-order valence-corrected chi connectivity index (χ3v) is 2.36. The molecule has 1 aliphatic heterocycles. The highest BCUT2D eigenvalue weighted by molar-refractivity contribution is 6.30. The van der Waals surface area contributed by atoms with E-state index in [9.17, 15) is 24.6 Å². The molecule has 1 aromatic heterocycles. The zero-order chi connectivity index (χ0) is 13.4. The molecule has 0 fully saturated rings. The van der Waals surface area contributed by atoms with Gasteiger partial charge in [0.15, 0.2) is 11.8 Å². The molecule has 2 rings (SSSR count). The van der Waals surface area contributed by atoms with E-state index in [1.807, 2.05) is 0 Å². The van der Waals surface area contributed by atoms with Crippen LogP contribution in [0.25, 0.3) is 5.70 Å². The van der Waals surface area contributed by atoms with Gasteiger partial charge in [-0.2, -0.15) is 0 Å². The zero-order valence-electron chi connectivity index (χ0n) is 8.90. The molecule has 0 saturated carbocycles. The van der Waals surface area contributed by atoms with Gasteiger partial charge in [0.05, 0.1) is 0 Å². The fourth-order valence-corrected chi connectivity index (χ4v) is 1.60. The molecule has 0 spiro atoms. The van der Waals surface area contributed by atoms with Crippen LogP contribution in [0, 0.1) is 0 Å². The van der Waals surface area contributed by atoms with Crippen LogP contribution >= 0.6 is 0 Å². The van der Waals surface area contributed by atoms with Crippen molar-refractivity contribution in [1.82, 2.24) is 9.47 Å². The zero-order valence-corrected chi connectivity index (χ0v) is 8.90. The molecule has 2 heterocycles. The minimum Gasteiger partial charge on any atom is -0.494 e. The lowest BCUT2D eigenvalue weighted by Crippen LogP contribution is -2.36. The number of hydrogen-bond acceptors (Lipinski definition) is 5. The fraction of sp³-hybridized carbons (Fsp3) is 0.100. The number of carboxylic acids is 1. The smallest absolute Gasteiger partial charge is 0.323 e. The van der Waals surface area contributed by atoms with Crippen LogP contribution in [0.15, 0.2) is 18.2 Å². The summed E-state index contributed by atoms with van der Waals surface area (Å²) in [6.45, 7) is -0.777. The number of nitrogens with zero attached hydrogens (tertiary/aromatic N) is 2. The van der Waals surface area contributed by atoms with Gasteiger partial charge in [-0.3, -0.25) is 19.3 Å². The lowest BCUT2D eigenvalue weighted by molar-refractivity contribution is -0.147. The first-order chi connectivity index (χ1) is 8.41. The molecule has 0 unspecified atom stereocenters. The van der Waals surface area contributed by atoms with Crippen LogP contribution < -0.4 is 0 Å². The van der Waals surface area contributed by atoms with Gasteiger partial charge in [0.1, 0.15) is 12.2 Å². The van der Waals surface area contributed by atoms with Crippen LogP contribution in [0.2, 0.25) is 0 Å². The van der Waals surface area contributed by atoms with Crippen molar-refractivity contribution in [2.45, 2.75) is 0 Å². The summed E-state index contributed by atoms with van der Waals surface area (Å²) in [7, 11) is 0. The number of aliphatic carboxylic acids is 1. The predicted molar refractivity (Wildman–Crippen MR) is 56.4 cm³/mol. The van der Waals surface area contributed by atoms with E-state index < -0.39 is 36.1 Å². The second kappa shape index (κ2) is 3.91. The van der Waals surface area contributed by atoms with Gasteiger partial charge in [0.2, 0.25) is 0 Å². The van der Waals surface area contributed by atoms with Gasteiger partial charge in [-0.1, -0.05) is 0 Å². The minimum absolute atomic E-state index is 0.304. The third-order valence-electron chi connectivity index (χ3n) is 2.36. The SMILES string of the molecule is O=C(O)CN1C(=O)C=C(n2c(O)ccc2O)C1=O. The topological polar surface area (TPSA) is 120 Å². The van der Waals surface area contributed by atoms with Crippen molar-refractivity contribution in [2.24, 2.45) is 0 Å². The van der Waals surface area contributed by atoms with Gasteiger partial charge in [-0.05, 0) is 0 Å². The molecule has 2 amide bonds. The summed E-state index contributed by atoms with van der Waals surface area (Å²) in [4.78, 5) is 34.2. The van der Waals surface area contributed by atoms with E-state index in [0.717, 1.165) is 22.8 Å². The molecule has 0 aliphatic carbocycles. The Labute approximate surface area is 100.0 Å². The van der Waals surface area contributed by atoms with Crippen molar-refractivity contribution >= 4 is 23.5 Å². The molecule has 18 heavy (non-hydrogen) atoms. The van der Waals surface area contributed by atoms with Crippen LogP contribution in [-0.4, -0.2) is 49.1 Å². The summed E-state index contributed by atoms with van der Waals surface area (Å²) < 4.78 is 0.752. The number of imide groups is 1. The lowest BCUT2D eigenvalue weighted by atomic mass is 10.4. The molecular formula is C10H8N2O6. The first kappa shape index (κ1) is 11.7. The fourth-order valence-electron chi connectivity index (χ4n) is 1.60. The van der Waals surface area contributed by atoms with Gasteiger partial charge in [-0.15, -0.1) is 0 Å². The molecule has 94 valence electrons. The monoisotopic (exact) mass is 252 g/mol. The molecule has 1 aliphatic rings. The summed E-state index contributed by atoms with van der Waals surface area (Å²) in [6, 6.07) is 2.27. The van der Waals surface area contributed by atoms with Crippen LogP contribution in [-0.2, 0) is 14.4 Å². The van der Waals surface area contributed by atoms with E-state index in [2.05, 4.69) is 0 Å². The molecular weight excluding hydrogens is 244 g/mol. The second-order valence-corrected chi connectivity index (χ2v) is 3.54. The summed E-state index contributed by atoms with van der Waals surface area (Å²) in [6.07, 6.45) is 0.852. The highest BCUT2D eigenvalue weighted by atomic mass is 16.4. The molecule has 0 aromatic carbocycles. The number of rotatable bonds is 3. The van der Waals surface area contributed by atoms with Gasteiger partial charge in [-0.25, -0.2) is 4.57 Å². The van der Waals surface area contributed by atoms with Crippen molar-refractivity contribution < 1.29 is 29.7 Å². The van der Waals surface area contributed by atoms with E-state index in [0.29, 0.717) is 4.90 Å². The van der Waals surface area contributed by atoms with E-state index in [1.165, 1.54) is 0 Å². The number of hydrogen-bond donors (Lipinski definition) is 3. The summed E-state index contributed by atoms with van der Waals surface area (Å²) in [5.41, 5.74) is -0.304. The maximum Gasteiger partial charge on any atom is 0.323 e. The third kappa shape index (κ3) is 1.69. The molecule has 0 bridgehead atoms. The molecule has 1 aromatic rings. The standard InChI is InChI=1S/C10H8N2O6/c13-6-1-2-7(14)12(6)5-3-8(15)11(10(5)18)4-9(16)17/h1-3,13-14H,4H2,(H,16,17). The Balaban J connectivity index is 2.38. The van der Waals surface area contributed by atoms with Gasteiger partial charge in [0.25, 0.3) is 11.8 Å². The Kier molecular flexibility index (Phi) is 2.55. The molecule has 8 heteroatoms. The van der Waals surface area contributed by atoms with Crippen LogP contribution in [0.1, 0.15) is 0 Å². The highest BCUT2D eigenvalue weighted by Gasteiger charge is 2.35. The number of amides is 2. The Morgan fingerprint density at radius 2 is 1.72 bits per heavy atom. The average Bonchev–Trinajstić information content (AvgIpc) is 2.73. The molecule has 0 saturated heterocycles. The quantitative estimate of drug-likeness (QED) is 0.605. The number of aromatic nitrogens is 1. The van der Waals surface area contributed by atoms with Gasteiger partial charge >= 0.3 is 5.97 Å². The van der Waals surface area contributed by atoms with Crippen molar-refractivity contribution in [3.8, 4) is 11.8 Å². The Morgan fingerprint density at radius 1 is 1.17 bits per heavy atom. The first-order valence-corrected chi connectivity index (χ1v) is 4.81. The second-order valence-electron chi connectivity index (χ2n) is 3.54. The largest absolute Gasteiger partial charge is 0.494 e. The Hall–Kier alpha value is -2.77. The van der Waals surface area contributed by atoms with Gasteiger partial charge in [0, 0.05) is 18.2 Å². The molecule has 3 N–H and O–H groups in total. The Morgan fingerprint density at radius 3 is 2.22 bits per heavy atom. The minimum atomic E-state index is -1.34. The van der Waals surface area contributed by atoms with E-state index in [-0.39, 0.29) is 5.70 Å². The summed E-state index contributed by atoms with van der Waals surface area (Å²) in [5, 5.41) is 27.4. The van der Waals surface area contributed by atoms with Crippen molar-refractivity contribution in [3.63, 3.8) is 0 Å². The van der Waals surface area contributed by atoms with E-state index >= 15 is 0 Å². The van der Waals surface area contributed by atoms with Crippen LogP contribution in [0.3, 0.4) is 0 Å². The van der Waals surface area contributed by atoms with Crippen molar-refractivity contribution in [1.29, 1.82) is 0 Å². The summed E-state index contributed by atoms with van der Waals surface area (Å²) in [5.74, 6) is -3.92. The number of carbonyl (C=O) groups excluding carboxylic acids is 2. The highest BCUT2D eigenvalue weighted by Crippen LogP contribution is 2.29. The number of carbonyl (C=O) groups is 3. The maximum atomic E-state index is 11.8. The van der Waals surface area contributed by atoms with Crippen LogP contribution in [0.5, 0.6) is 11.8 Å². The van der Waals surface area contributed by atoms with E-state index in [1.54, 1.807) is 0 Å². The van der Waals surface area contributed by atoms with Gasteiger partial charge < -0.3 is 15.3 Å². The number of aromatic hydroxyl groups is 2. The molecule has 0 radical (unpaired) electrons. The van der Waals surface area contributed by atoms with Crippen molar-refractivity contribution in [3.05, 3.63) is 18.2 Å². The van der Waals surface area contributed by atoms with E-state index in [4.69, 9.17) is 5.11 Å². The lowest BCUT2D eigenvalue weighted by Gasteiger charge is -2.12. The first-order valence-electron chi connectivity index (χ1n) is 4.81. The average molecular weight is 252 g/mol. The van der Waals surface area contributed by atoms with Crippen LogP contribution in [0.4, 0.5) is 0 Å². The van der Waals surface area contributed by atoms with Crippen molar-refractivity contribution in [2.75, 3.05) is 6.54 Å². The predicted octanol–water partition coefficient (Wildman–Crippen LogP) is -0.806. The molecule has 0 atom stereocenters. The molecule has 8 nitrogen and oxygen atoms in total. The maximum absolute atomic E-state index is 11.8. The normalized spacial score (nSPS) is 15.1. The Bertz CT molecular complexity index is 566. The number of carboxylic acid groups (broad SMARTS) is 1. The summed E-state index contributed by atoms with van der Waals surface area (Å²) >= 11 is 0.